The SMILES string of the molecule is CCOC(OCC)c1cn(CCC(=O)NC(=O)NC)nn1. The molecular weight excluding hydrogens is 278 g/mol. The number of carbonyl (C=O) groups excluding carboxylic acids is 2. The Hall–Kier alpha value is -2.00. The van der Waals surface area contributed by atoms with Crippen molar-refractivity contribution in [3.63, 3.8) is 0 Å². The van der Waals surface area contributed by atoms with E-state index in [2.05, 4.69) is 20.9 Å². The maximum atomic E-state index is 11.4. The second-order valence-electron chi connectivity index (χ2n) is 4.03. The fraction of sp³-hybridized carbons (Fsp3) is 0.667. The van der Waals surface area contributed by atoms with E-state index < -0.39 is 18.2 Å². The molecule has 0 aromatic carbocycles. The first-order valence-electron chi connectivity index (χ1n) is 6.75. The average Bonchev–Trinajstić information content (AvgIpc) is 2.93. The van der Waals surface area contributed by atoms with Gasteiger partial charge < -0.3 is 14.8 Å². The maximum Gasteiger partial charge on any atom is 0.321 e. The van der Waals surface area contributed by atoms with Crippen molar-refractivity contribution >= 4 is 11.9 Å². The molecule has 1 aromatic rings. The molecule has 1 heterocycles. The molecule has 9 nitrogen and oxygen atoms in total. The minimum Gasteiger partial charge on any atom is -0.347 e. The number of hydrogen-bond donors (Lipinski definition) is 2. The summed E-state index contributed by atoms with van der Waals surface area (Å²) in [4.78, 5) is 22.4. The second kappa shape index (κ2) is 9.03. The fourth-order valence-corrected chi connectivity index (χ4v) is 1.52. The van der Waals surface area contributed by atoms with Crippen LogP contribution in [-0.4, -0.2) is 47.2 Å². The summed E-state index contributed by atoms with van der Waals surface area (Å²) in [5, 5.41) is 12.3. The number of nitrogens with one attached hydrogen (secondary N) is 2. The Balaban J connectivity index is 2.50. The van der Waals surface area contributed by atoms with E-state index in [9.17, 15) is 9.59 Å². The van der Waals surface area contributed by atoms with Gasteiger partial charge in [-0.15, -0.1) is 5.10 Å². The molecule has 0 aliphatic heterocycles. The molecule has 0 fully saturated rings. The number of aromatic nitrogens is 3. The number of imide groups is 1. The van der Waals surface area contributed by atoms with Crippen molar-refractivity contribution in [1.29, 1.82) is 0 Å². The zero-order valence-electron chi connectivity index (χ0n) is 12.5. The van der Waals surface area contributed by atoms with E-state index in [0.29, 0.717) is 25.5 Å². The third-order valence-electron chi connectivity index (χ3n) is 2.48. The number of urea groups is 1. The van der Waals surface area contributed by atoms with E-state index in [-0.39, 0.29) is 6.42 Å². The lowest BCUT2D eigenvalue weighted by atomic mass is 10.4. The Kier molecular flexibility index (Phi) is 7.33. The molecule has 1 aromatic heterocycles. The normalized spacial score (nSPS) is 10.7. The van der Waals surface area contributed by atoms with Gasteiger partial charge in [-0.05, 0) is 13.8 Å². The van der Waals surface area contributed by atoms with Gasteiger partial charge >= 0.3 is 6.03 Å². The molecule has 0 bridgehead atoms. The minimum atomic E-state index is -0.562. The molecule has 0 saturated heterocycles. The van der Waals surface area contributed by atoms with Crippen LogP contribution in [-0.2, 0) is 20.8 Å². The van der Waals surface area contributed by atoms with E-state index in [1.807, 2.05) is 13.8 Å². The highest BCUT2D eigenvalue weighted by atomic mass is 16.7. The first-order valence-corrected chi connectivity index (χ1v) is 6.75. The van der Waals surface area contributed by atoms with Crippen LogP contribution in [0.15, 0.2) is 6.20 Å². The number of ether oxygens (including phenoxy) is 2. The van der Waals surface area contributed by atoms with Crippen molar-refractivity contribution in [3.8, 4) is 0 Å². The van der Waals surface area contributed by atoms with Gasteiger partial charge in [-0.2, -0.15) is 0 Å². The molecule has 0 aliphatic carbocycles. The summed E-state index contributed by atoms with van der Waals surface area (Å²) in [5.74, 6) is -0.391. The van der Waals surface area contributed by atoms with Gasteiger partial charge in [0.25, 0.3) is 0 Å². The molecular formula is C12H21N5O4. The van der Waals surface area contributed by atoms with Gasteiger partial charge in [-0.3, -0.25) is 14.8 Å². The van der Waals surface area contributed by atoms with Crippen molar-refractivity contribution in [1.82, 2.24) is 25.6 Å². The third-order valence-corrected chi connectivity index (χ3v) is 2.48. The van der Waals surface area contributed by atoms with Crippen LogP contribution in [0.1, 0.15) is 32.3 Å². The molecule has 0 radical (unpaired) electrons. The van der Waals surface area contributed by atoms with Crippen molar-refractivity contribution in [2.24, 2.45) is 0 Å². The molecule has 118 valence electrons. The summed E-state index contributed by atoms with van der Waals surface area (Å²) >= 11 is 0. The predicted octanol–water partition coefficient (Wildman–Crippen LogP) is 0.195. The monoisotopic (exact) mass is 299 g/mol. The van der Waals surface area contributed by atoms with Gasteiger partial charge in [0.1, 0.15) is 5.69 Å². The smallest absolute Gasteiger partial charge is 0.321 e. The first kappa shape index (κ1) is 17.1. The zero-order chi connectivity index (χ0) is 15.7. The van der Waals surface area contributed by atoms with Crippen LogP contribution in [0.2, 0.25) is 0 Å². The highest BCUT2D eigenvalue weighted by molar-refractivity contribution is 5.94. The molecule has 1 rings (SSSR count). The van der Waals surface area contributed by atoms with Crippen LogP contribution < -0.4 is 10.6 Å². The summed E-state index contributed by atoms with van der Waals surface area (Å²) in [7, 11) is 1.44. The van der Waals surface area contributed by atoms with Gasteiger partial charge in [-0.25, -0.2) is 4.79 Å². The van der Waals surface area contributed by atoms with Crippen LogP contribution in [0.4, 0.5) is 4.79 Å². The molecule has 0 spiro atoms. The number of rotatable bonds is 8. The van der Waals surface area contributed by atoms with Crippen molar-refractivity contribution in [2.45, 2.75) is 33.1 Å². The van der Waals surface area contributed by atoms with Gasteiger partial charge in [0.15, 0.2) is 0 Å². The van der Waals surface area contributed by atoms with Crippen LogP contribution >= 0.6 is 0 Å². The predicted molar refractivity (Wildman–Crippen MR) is 73.2 cm³/mol. The molecule has 3 amide bonds. The summed E-state index contributed by atoms with van der Waals surface area (Å²) in [6, 6.07) is -0.535. The Morgan fingerprint density at radius 3 is 2.57 bits per heavy atom. The van der Waals surface area contributed by atoms with E-state index in [1.165, 1.54) is 11.7 Å². The van der Waals surface area contributed by atoms with Gasteiger partial charge in [-0.1, -0.05) is 5.21 Å². The van der Waals surface area contributed by atoms with Crippen molar-refractivity contribution in [3.05, 3.63) is 11.9 Å². The molecule has 0 unspecified atom stereocenters. The summed E-state index contributed by atoms with van der Waals surface area (Å²) in [6.45, 7) is 5.01. The minimum absolute atomic E-state index is 0.115. The number of nitrogens with zero attached hydrogens (tertiary/aromatic N) is 3. The zero-order valence-corrected chi connectivity index (χ0v) is 12.5. The lowest BCUT2D eigenvalue weighted by Crippen LogP contribution is -2.37. The highest BCUT2D eigenvalue weighted by Gasteiger charge is 2.16. The number of carbonyl (C=O) groups is 2. The molecule has 9 heteroatoms. The first-order chi connectivity index (χ1) is 10.1. The largest absolute Gasteiger partial charge is 0.347 e. The molecule has 0 aliphatic rings. The van der Waals surface area contributed by atoms with Crippen LogP contribution in [0.25, 0.3) is 0 Å². The van der Waals surface area contributed by atoms with Crippen molar-refractivity contribution in [2.75, 3.05) is 20.3 Å². The Bertz CT molecular complexity index is 456. The summed E-state index contributed by atoms with van der Waals surface area (Å²) in [5.41, 5.74) is 0.547. The summed E-state index contributed by atoms with van der Waals surface area (Å²) in [6.07, 6.45) is 1.21. The maximum absolute atomic E-state index is 11.4. The molecule has 0 atom stereocenters. The molecule has 0 saturated carbocycles. The van der Waals surface area contributed by atoms with E-state index in [4.69, 9.17) is 9.47 Å². The van der Waals surface area contributed by atoms with Gasteiger partial charge in [0, 0.05) is 26.7 Å². The molecule has 21 heavy (non-hydrogen) atoms. The fourth-order valence-electron chi connectivity index (χ4n) is 1.52. The van der Waals surface area contributed by atoms with Gasteiger partial charge in [0.05, 0.1) is 12.7 Å². The third kappa shape index (κ3) is 5.88. The van der Waals surface area contributed by atoms with Crippen LogP contribution in [0.3, 0.4) is 0 Å². The standard InChI is InChI=1S/C12H21N5O4/c1-4-20-11(21-5-2)9-8-17(16-15-9)7-6-10(18)14-12(19)13-3/h8,11H,4-7H2,1-3H3,(H2,13,14,18,19). The lowest BCUT2D eigenvalue weighted by molar-refractivity contribution is -0.142. The number of aryl methyl sites for hydroxylation is 1. The van der Waals surface area contributed by atoms with Gasteiger partial charge in [0.2, 0.25) is 12.2 Å². The van der Waals surface area contributed by atoms with Crippen LogP contribution in [0.5, 0.6) is 0 Å². The quantitative estimate of drug-likeness (QED) is 0.664. The molecule has 2 N–H and O–H groups in total. The number of hydrogen-bond acceptors (Lipinski definition) is 6. The second-order valence-corrected chi connectivity index (χ2v) is 4.03. The Labute approximate surface area is 123 Å². The van der Waals surface area contributed by atoms with Crippen molar-refractivity contribution < 1.29 is 19.1 Å². The van der Waals surface area contributed by atoms with Crippen LogP contribution in [0, 0.1) is 0 Å². The Morgan fingerprint density at radius 1 is 1.33 bits per heavy atom. The van der Waals surface area contributed by atoms with E-state index >= 15 is 0 Å². The average molecular weight is 299 g/mol. The highest BCUT2D eigenvalue weighted by Crippen LogP contribution is 2.15. The van der Waals surface area contributed by atoms with E-state index in [1.54, 1.807) is 6.20 Å². The topological polar surface area (TPSA) is 107 Å². The summed E-state index contributed by atoms with van der Waals surface area (Å²) < 4.78 is 12.3. The number of amides is 3. The van der Waals surface area contributed by atoms with E-state index in [0.717, 1.165) is 0 Å². The lowest BCUT2D eigenvalue weighted by Gasteiger charge is -2.13. The Morgan fingerprint density at radius 2 is 2.00 bits per heavy atom.